The van der Waals surface area contributed by atoms with E-state index < -0.39 is 12.1 Å². The molecule has 7 nitrogen and oxygen atoms in total. The van der Waals surface area contributed by atoms with Crippen LogP contribution in [0.15, 0.2) is 48.5 Å². The van der Waals surface area contributed by atoms with Gasteiger partial charge in [-0.3, -0.25) is 4.79 Å². The van der Waals surface area contributed by atoms with E-state index in [4.69, 9.17) is 19.3 Å². The summed E-state index contributed by atoms with van der Waals surface area (Å²) in [6.45, 7) is 0.937. The number of carbonyl (C=O) groups excluding carboxylic acids is 1. The Labute approximate surface area is 157 Å². The van der Waals surface area contributed by atoms with Gasteiger partial charge in [-0.05, 0) is 23.8 Å². The minimum Gasteiger partial charge on any atom is -0.493 e. The monoisotopic (exact) mass is 371 g/mol. The van der Waals surface area contributed by atoms with Gasteiger partial charge in [0.2, 0.25) is 0 Å². The maximum absolute atomic E-state index is 12.7. The molecule has 1 unspecified atom stereocenters. The number of hydrogen-bond donors (Lipinski definition) is 1. The average Bonchev–Trinajstić information content (AvgIpc) is 2.72. The van der Waals surface area contributed by atoms with Crippen LogP contribution < -0.4 is 9.47 Å². The van der Waals surface area contributed by atoms with Crippen molar-refractivity contribution in [2.45, 2.75) is 12.7 Å². The van der Waals surface area contributed by atoms with Crippen LogP contribution in [0.1, 0.15) is 15.9 Å². The van der Waals surface area contributed by atoms with Crippen molar-refractivity contribution < 1.29 is 28.9 Å². The van der Waals surface area contributed by atoms with Gasteiger partial charge in [-0.25, -0.2) is 4.79 Å². The van der Waals surface area contributed by atoms with Gasteiger partial charge in [0.25, 0.3) is 5.91 Å². The standard InChI is InChI=1S/C20H21NO6/c1-25-17-11-15(19(22)21-9-10-26-18(12-21)20(23)24)7-8-16(17)27-13-14-5-3-2-4-6-14/h2-8,11,18H,9-10,12-13H2,1H3,(H,23,24). The molecule has 2 aromatic rings. The highest BCUT2D eigenvalue weighted by atomic mass is 16.5. The van der Waals surface area contributed by atoms with Crippen molar-refractivity contribution >= 4 is 11.9 Å². The molecule has 2 aromatic carbocycles. The second-order valence-corrected chi connectivity index (χ2v) is 6.09. The first-order valence-corrected chi connectivity index (χ1v) is 8.57. The Hall–Kier alpha value is -3.06. The van der Waals surface area contributed by atoms with Crippen LogP contribution in [0.2, 0.25) is 0 Å². The molecule has 1 aliphatic heterocycles. The second kappa shape index (κ2) is 8.55. The van der Waals surface area contributed by atoms with Crippen molar-refractivity contribution in [3.63, 3.8) is 0 Å². The van der Waals surface area contributed by atoms with E-state index in [1.165, 1.54) is 12.0 Å². The third-order valence-electron chi connectivity index (χ3n) is 4.28. The molecule has 0 aliphatic carbocycles. The zero-order chi connectivity index (χ0) is 19.2. The first-order valence-electron chi connectivity index (χ1n) is 8.57. The molecule has 0 saturated carbocycles. The lowest BCUT2D eigenvalue weighted by Gasteiger charge is -2.31. The van der Waals surface area contributed by atoms with Crippen LogP contribution >= 0.6 is 0 Å². The van der Waals surface area contributed by atoms with Crippen LogP contribution in [0.25, 0.3) is 0 Å². The van der Waals surface area contributed by atoms with Crippen molar-refractivity contribution in [2.75, 3.05) is 26.8 Å². The number of carboxylic acids is 1. The largest absolute Gasteiger partial charge is 0.493 e. The number of benzene rings is 2. The van der Waals surface area contributed by atoms with Gasteiger partial charge in [-0.2, -0.15) is 0 Å². The molecule has 1 amide bonds. The highest BCUT2D eigenvalue weighted by Crippen LogP contribution is 2.29. The van der Waals surface area contributed by atoms with Gasteiger partial charge in [-0.1, -0.05) is 30.3 Å². The third-order valence-corrected chi connectivity index (χ3v) is 4.28. The summed E-state index contributed by atoms with van der Waals surface area (Å²) in [4.78, 5) is 25.3. The highest BCUT2D eigenvalue weighted by Gasteiger charge is 2.29. The minimum absolute atomic E-state index is 0.0166. The molecule has 1 aliphatic rings. The van der Waals surface area contributed by atoms with Gasteiger partial charge >= 0.3 is 5.97 Å². The second-order valence-electron chi connectivity index (χ2n) is 6.09. The number of hydrogen-bond acceptors (Lipinski definition) is 5. The zero-order valence-corrected chi connectivity index (χ0v) is 15.0. The lowest BCUT2D eigenvalue weighted by molar-refractivity contribution is -0.154. The van der Waals surface area contributed by atoms with Crippen LogP contribution in [0.3, 0.4) is 0 Å². The molecule has 1 saturated heterocycles. The van der Waals surface area contributed by atoms with E-state index in [9.17, 15) is 9.59 Å². The summed E-state index contributed by atoms with van der Waals surface area (Å²) in [5.74, 6) is -0.365. The predicted molar refractivity (Wildman–Crippen MR) is 97.0 cm³/mol. The van der Waals surface area contributed by atoms with Gasteiger partial charge in [0.1, 0.15) is 6.61 Å². The number of rotatable bonds is 6. The van der Waals surface area contributed by atoms with E-state index in [1.54, 1.807) is 18.2 Å². The highest BCUT2D eigenvalue weighted by molar-refractivity contribution is 5.95. The maximum Gasteiger partial charge on any atom is 0.334 e. The fraction of sp³-hybridized carbons (Fsp3) is 0.300. The van der Waals surface area contributed by atoms with Crippen molar-refractivity contribution in [3.8, 4) is 11.5 Å². The van der Waals surface area contributed by atoms with Crippen molar-refractivity contribution in [1.82, 2.24) is 4.90 Å². The van der Waals surface area contributed by atoms with E-state index in [1.807, 2.05) is 30.3 Å². The number of amides is 1. The van der Waals surface area contributed by atoms with Gasteiger partial charge in [0.05, 0.1) is 20.3 Å². The first-order chi connectivity index (χ1) is 13.1. The Morgan fingerprint density at radius 3 is 2.67 bits per heavy atom. The molecule has 0 bridgehead atoms. The number of aliphatic carboxylic acids is 1. The van der Waals surface area contributed by atoms with Crippen molar-refractivity contribution in [3.05, 3.63) is 59.7 Å². The topological polar surface area (TPSA) is 85.3 Å². The van der Waals surface area contributed by atoms with E-state index >= 15 is 0 Å². The Morgan fingerprint density at radius 1 is 1.19 bits per heavy atom. The van der Waals surface area contributed by atoms with Gasteiger partial charge in [0, 0.05) is 12.1 Å². The van der Waals surface area contributed by atoms with E-state index in [2.05, 4.69) is 0 Å². The lowest BCUT2D eigenvalue weighted by atomic mass is 10.1. The summed E-state index contributed by atoms with van der Waals surface area (Å²) in [6.07, 6.45) is -1.00. The molecule has 27 heavy (non-hydrogen) atoms. The number of ether oxygens (including phenoxy) is 3. The van der Waals surface area contributed by atoms with E-state index in [0.717, 1.165) is 5.56 Å². The summed E-state index contributed by atoms with van der Waals surface area (Å²) in [5, 5.41) is 9.08. The van der Waals surface area contributed by atoms with E-state index in [-0.39, 0.29) is 19.1 Å². The quantitative estimate of drug-likeness (QED) is 0.838. The molecule has 1 N–H and O–H groups in total. The van der Waals surface area contributed by atoms with Crippen LogP contribution in [0, 0.1) is 0 Å². The SMILES string of the molecule is COc1cc(C(=O)N2CCOC(C(=O)O)C2)ccc1OCc1ccccc1. The number of carboxylic acid groups (broad SMARTS) is 1. The summed E-state index contributed by atoms with van der Waals surface area (Å²) in [5.41, 5.74) is 1.43. The summed E-state index contributed by atoms with van der Waals surface area (Å²) in [7, 11) is 1.51. The van der Waals surface area contributed by atoms with Crippen molar-refractivity contribution in [1.29, 1.82) is 0 Å². The fourth-order valence-corrected chi connectivity index (χ4v) is 2.82. The third kappa shape index (κ3) is 4.57. The molecular formula is C20H21NO6. The molecule has 0 spiro atoms. The molecule has 0 aromatic heterocycles. The number of carbonyl (C=O) groups is 2. The summed E-state index contributed by atoms with van der Waals surface area (Å²) < 4.78 is 16.3. The van der Waals surface area contributed by atoms with Gasteiger partial charge in [0.15, 0.2) is 17.6 Å². The number of nitrogens with zero attached hydrogens (tertiary/aromatic N) is 1. The van der Waals surface area contributed by atoms with Crippen LogP contribution in [0.5, 0.6) is 11.5 Å². The normalized spacial score (nSPS) is 16.6. The molecule has 142 valence electrons. The van der Waals surface area contributed by atoms with Crippen LogP contribution in [0.4, 0.5) is 0 Å². The number of methoxy groups -OCH3 is 1. The zero-order valence-electron chi connectivity index (χ0n) is 15.0. The first kappa shape index (κ1) is 18.7. The maximum atomic E-state index is 12.7. The summed E-state index contributed by atoms with van der Waals surface area (Å²) in [6, 6.07) is 14.7. The van der Waals surface area contributed by atoms with Gasteiger partial charge in [-0.15, -0.1) is 0 Å². The Balaban J connectivity index is 1.71. The van der Waals surface area contributed by atoms with Crippen LogP contribution in [-0.2, 0) is 16.1 Å². The molecule has 1 heterocycles. The molecule has 1 atom stereocenters. The summed E-state index contributed by atoms with van der Waals surface area (Å²) >= 11 is 0. The molecule has 1 fully saturated rings. The molecule has 0 radical (unpaired) electrons. The number of morpholine rings is 1. The van der Waals surface area contributed by atoms with Gasteiger partial charge < -0.3 is 24.2 Å². The Morgan fingerprint density at radius 2 is 1.96 bits per heavy atom. The Kier molecular flexibility index (Phi) is 5.93. The van der Waals surface area contributed by atoms with E-state index in [0.29, 0.717) is 30.2 Å². The van der Waals surface area contributed by atoms with Crippen molar-refractivity contribution in [2.24, 2.45) is 0 Å². The Bertz CT molecular complexity index is 807. The predicted octanol–water partition coefficient (Wildman–Crippen LogP) is 2.20. The van der Waals surface area contributed by atoms with Crippen LogP contribution in [-0.4, -0.2) is 54.8 Å². The fourth-order valence-electron chi connectivity index (χ4n) is 2.82. The molecule has 7 heteroatoms. The molecule has 3 rings (SSSR count). The molecular weight excluding hydrogens is 350 g/mol. The smallest absolute Gasteiger partial charge is 0.334 e. The lowest BCUT2D eigenvalue weighted by Crippen LogP contribution is -2.48. The minimum atomic E-state index is -1.07. The average molecular weight is 371 g/mol.